The van der Waals surface area contributed by atoms with Gasteiger partial charge >= 0.3 is 0 Å². The number of benzene rings is 1. The smallest absolute Gasteiger partial charge is 0.137 e. The molecule has 1 saturated heterocycles. The number of rotatable bonds is 6. The molecule has 1 aromatic carbocycles. The van der Waals surface area contributed by atoms with E-state index in [1.807, 2.05) is 29.9 Å². The second-order valence-corrected chi connectivity index (χ2v) is 7.18. The summed E-state index contributed by atoms with van der Waals surface area (Å²) >= 11 is 0. The third-order valence-electron chi connectivity index (χ3n) is 4.96. The van der Waals surface area contributed by atoms with Crippen LogP contribution in [0.15, 0.2) is 53.3 Å². The molecule has 3 heterocycles. The molecule has 0 spiro atoms. The summed E-state index contributed by atoms with van der Waals surface area (Å²) in [6.45, 7) is 5.13. The van der Waals surface area contributed by atoms with Crippen molar-refractivity contribution in [1.82, 2.24) is 19.8 Å². The minimum absolute atomic E-state index is 0.196. The van der Waals surface area contributed by atoms with Gasteiger partial charge in [0.05, 0.1) is 18.3 Å². The lowest BCUT2D eigenvalue weighted by Gasteiger charge is -2.15. The number of aryl methyl sites for hydroxylation is 1. The summed E-state index contributed by atoms with van der Waals surface area (Å²) in [5, 5.41) is 18.5. The van der Waals surface area contributed by atoms with Gasteiger partial charge in [-0.3, -0.25) is 9.58 Å². The van der Waals surface area contributed by atoms with E-state index in [2.05, 4.69) is 39.4 Å². The Balaban J connectivity index is 1.32. The molecule has 2 atom stereocenters. The summed E-state index contributed by atoms with van der Waals surface area (Å²) < 4.78 is 7.22. The van der Waals surface area contributed by atoms with Crippen LogP contribution in [0.1, 0.15) is 22.6 Å². The third-order valence-corrected chi connectivity index (χ3v) is 4.96. The number of β-amino-alcohol motifs (C(OH)–C–C–N with tert-alkyl or cyclic N) is 1. The molecule has 0 unspecified atom stereocenters. The molecule has 0 bridgehead atoms. The Bertz CT molecular complexity index is 826. The van der Waals surface area contributed by atoms with E-state index >= 15 is 0 Å². The van der Waals surface area contributed by atoms with Crippen molar-refractivity contribution in [3.63, 3.8) is 0 Å². The van der Waals surface area contributed by atoms with Gasteiger partial charge in [-0.1, -0.05) is 29.4 Å². The van der Waals surface area contributed by atoms with Crippen LogP contribution in [0.2, 0.25) is 0 Å². The zero-order valence-corrected chi connectivity index (χ0v) is 15.0. The van der Waals surface area contributed by atoms with E-state index in [-0.39, 0.29) is 12.0 Å². The molecule has 3 aromatic rings. The molecule has 0 amide bonds. The van der Waals surface area contributed by atoms with Crippen molar-refractivity contribution in [3.8, 4) is 0 Å². The van der Waals surface area contributed by atoms with Crippen LogP contribution in [0, 0.1) is 12.8 Å². The van der Waals surface area contributed by atoms with Gasteiger partial charge in [0.25, 0.3) is 0 Å². The number of hydrogen-bond donors (Lipinski definition) is 1. The highest BCUT2D eigenvalue weighted by Crippen LogP contribution is 2.23. The Hall–Kier alpha value is -2.44. The number of aliphatic hydroxyl groups is 1. The molecule has 1 aliphatic heterocycles. The highest BCUT2D eigenvalue weighted by Gasteiger charge is 2.32. The fourth-order valence-electron chi connectivity index (χ4n) is 3.63. The van der Waals surface area contributed by atoms with Gasteiger partial charge in [-0.05, 0) is 24.1 Å². The molecule has 1 N–H and O–H groups in total. The number of hydrogen-bond acceptors (Lipinski definition) is 5. The van der Waals surface area contributed by atoms with Crippen LogP contribution < -0.4 is 0 Å². The lowest BCUT2D eigenvalue weighted by molar-refractivity contribution is 0.137. The normalized spacial score (nSPS) is 20.7. The number of likely N-dealkylation sites (tertiary alicyclic amines) is 1. The number of aliphatic hydroxyl groups excluding tert-OH is 1. The van der Waals surface area contributed by atoms with Crippen LogP contribution in [0.25, 0.3) is 0 Å². The average Bonchev–Trinajstić information content (AvgIpc) is 3.34. The zero-order chi connectivity index (χ0) is 17.9. The highest BCUT2D eigenvalue weighted by atomic mass is 16.5. The molecule has 6 nitrogen and oxygen atoms in total. The van der Waals surface area contributed by atoms with Crippen molar-refractivity contribution in [3.05, 3.63) is 71.4 Å². The summed E-state index contributed by atoms with van der Waals surface area (Å²) in [5.74, 6) is 1.05. The molecule has 4 rings (SSSR count). The maximum atomic E-state index is 10.4. The third kappa shape index (κ3) is 4.03. The van der Waals surface area contributed by atoms with E-state index in [0.717, 1.165) is 37.5 Å². The van der Waals surface area contributed by atoms with E-state index in [1.165, 1.54) is 11.1 Å². The fraction of sp³-hybridized carbons (Fsp3) is 0.400. The van der Waals surface area contributed by atoms with Gasteiger partial charge < -0.3 is 9.63 Å². The second kappa shape index (κ2) is 7.43. The van der Waals surface area contributed by atoms with E-state index < -0.39 is 0 Å². The molecular weight excluding hydrogens is 328 g/mol. The molecule has 0 saturated carbocycles. The molecule has 0 aliphatic carbocycles. The first kappa shape index (κ1) is 17.0. The van der Waals surface area contributed by atoms with Crippen molar-refractivity contribution >= 4 is 0 Å². The van der Waals surface area contributed by atoms with Crippen molar-refractivity contribution in [2.75, 3.05) is 13.1 Å². The van der Waals surface area contributed by atoms with Gasteiger partial charge in [0.15, 0.2) is 0 Å². The maximum absolute atomic E-state index is 10.4. The first-order valence-electron chi connectivity index (χ1n) is 9.03. The maximum Gasteiger partial charge on any atom is 0.137 e. The summed E-state index contributed by atoms with van der Waals surface area (Å²) in [7, 11) is 0. The SMILES string of the molecule is Cc1cc(C[C@@H]2CN(Cc3ccc(Cn4cccn4)cc3)C[C@@H]2O)on1. The minimum atomic E-state index is -0.320. The van der Waals surface area contributed by atoms with Gasteiger partial charge in [-0.2, -0.15) is 5.10 Å². The van der Waals surface area contributed by atoms with Crippen LogP contribution in [-0.4, -0.2) is 44.1 Å². The van der Waals surface area contributed by atoms with Gasteiger partial charge in [0.2, 0.25) is 0 Å². The molecule has 26 heavy (non-hydrogen) atoms. The quantitative estimate of drug-likeness (QED) is 0.737. The monoisotopic (exact) mass is 352 g/mol. The van der Waals surface area contributed by atoms with Gasteiger partial charge in [0.1, 0.15) is 5.76 Å². The van der Waals surface area contributed by atoms with E-state index in [9.17, 15) is 5.11 Å². The predicted octanol–water partition coefficient (Wildman–Crippen LogP) is 2.26. The lowest BCUT2D eigenvalue weighted by Crippen LogP contribution is -2.21. The molecule has 6 heteroatoms. The zero-order valence-electron chi connectivity index (χ0n) is 15.0. The molecule has 0 radical (unpaired) electrons. The number of aromatic nitrogens is 3. The van der Waals surface area contributed by atoms with Gasteiger partial charge in [-0.15, -0.1) is 0 Å². The molecule has 1 fully saturated rings. The fourth-order valence-corrected chi connectivity index (χ4v) is 3.63. The standard InChI is InChI=1S/C20H24N4O2/c1-15-9-19(26-22-15)10-18-13-23(14-20(18)25)11-16-3-5-17(6-4-16)12-24-8-2-7-21-24/h2-9,18,20,25H,10-14H2,1H3/t18-,20+/m1/s1. The van der Waals surface area contributed by atoms with Crippen LogP contribution in [0.3, 0.4) is 0 Å². The Labute approximate surface area is 153 Å². The molecule has 1 aliphatic rings. The summed E-state index contributed by atoms with van der Waals surface area (Å²) in [5.41, 5.74) is 3.38. The Morgan fingerprint density at radius 3 is 2.58 bits per heavy atom. The molecule has 136 valence electrons. The van der Waals surface area contributed by atoms with Crippen LogP contribution in [0.4, 0.5) is 0 Å². The van der Waals surface area contributed by atoms with E-state index in [0.29, 0.717) is 6.54 Å². The van der Waals surface area contributed by atoms with Gasteiger partial charge in [0, 0.05) is 50.4 Å². The molecule has 2 aromatic heterocycles. The van der Waals surface area contributed by atoms with Crippen molar-refractivity contribution in [2.24, 2.45) is 5.92 Å². The lowest BCUT2D eigenvalue weighted by atomic mass is 10.0. The highest BCUT2D eigenvalue weighted by molar-refractivity contribution is 5.23. The van der Waals surface area contributed by atoms with Crippen LogP contribution in [0.5, 0.6) is 0 Å². The first-order chi connectivity index (χ1) is 12.7. The van der Waals surface area contributed by atoms with Gasteiger partial charge in [-0.25, -0.2) is 0 Å². The Morgan fingerprint density at radius 2 is 1.92 bits per heavy atom. The Morgan fingerprint density at radius 1 is 1.15 bits per heavy atom. The summed E-state index contributed by atoms with van der Waals surface area (Å²) in [4.78, 5) is 2.31. The first-order valence-corrected chi connectivity index (χ1v) is 9.03. The average molecular weight is 352 g/mol. The number of nitrogens with zero attached hydrogens (tertiary/aromatic N) is 4. The summed E-state index contributed by atoms with van der Waals surface area (Å²) in [6, 6.07) is 12.5. The Kier molecular flexibility index (Phi) is 4.86. The van der Waals surface area contributed by atoms with Crippen molar-refractivity contribution in [2.45, 2.75) is 32.5 Å². The van der Waals surface area contributed by atoms with Crippen molar-refractivity contribution in [1.29, 1.82) is 0 Å². The largest absolute Gasteiger partial charge is 0.391 e. The van der Waals surface area contributed by atoms with Crippen molar-refractivity contribution < 1.29 is 9.63 Å². The summed E-state index contributed by atoms with van der Waals surface area (Å²) in [6.07, 6.45) is 4.18. The predicted molar refractivity (Wildman–Crippen MR) is 97.5 cm³/mol. The minimum Gasteiger partial charge on any atom is -0.391 e. The van der Waals surface area contributed by atoms with Crippen LogP contribution in [-0.2, 0) is 19.5 Å². The van der Waals surface area contributed by atoms with Crippen LogP contribution >= 0.6 is 0 Å². The second-order valence-electron chi connectivity index (χ2n) is 7.18. The topological polar surface area (TPSA) is 67.3 Å². The van der Waals surface area contributed by atoms with E-state index in [4.69, 9.17) is 4.52 Å². The molecular formula is C20H24N4O2. The van der Waals surface area contributed by atoms with E-state index in [1.54, 1.807) is 6.20 Å².